The van der Waals surface area contributed by atoms with Gasteiger partial charge in [0.1, 0.15) is 5.58 Å². The monoisotopic (exact) mass is 373 g/mol. The molecule has 0 saturated carbocycles. The molecule has 0 radical (unpaired) electrons. The molecule has 3 rings (SSSR count). The number of carbonyl (C=O) groups is 1. The molecule has 0 aliphatic heterocycles. The number of benzene rings is 2. The Labute approximate surface area is 149 Å². The van der Waals surface area contributed by atoms with E-state index in [0.717, 1.165) is 28.4 Å². The van der Waals surface area contributed by atoms with Crippen LogP contribution in [0.5, 0.6) is 0 Å². The number of guanidine groups is 1. The van der Waals surface area contributed by atoms with Crippen molar-refractivity contribution in [3.8, 4) is 11.1 Å². The zero-order chi connectivity index (χ0) is 18.7. The van der Waals surface area contributed by atoms with Crippen molar-refractivity contribution in [2.45, 2.75) is 0 Å². The molecule has 0 unspecified atom stereocenters. The molecule has 134 valence electrons. The number of nitrogens with two attached hydrogens (primary N) is 1. The molecule has 0 atom stereocenters. The zero-order valence-corrected chi connectivity index (χ0v) is 14.5. The molecule has 0 aliphatic rings. The second-order valence-corrected chi connectivity index (χ2v) is 6.99. The molecular weight excluding hydrogens is 358 g/mol. The number of hydrogen-bond donors (Lipinski definition) is 2. The summed E-state index contributed by atoms with van der Waals surface area (Å²) < 4.78 is 31.4. The topological polar surface area (TPSA) is 124 Å². The summed E-state index contributed by atoms with van der Waals surface area (Å²) in [7, 11) is -3.81. The molecule has 8 nitrogen and oxygen atoms in total. The first-order valence-corrected chi connectivity index (χ1v) is 9.25. The average molecular weight is 373 g/mol. The van der Waals surface area contributed by atoms with Crippen molar-refractivity contribution in [2.75, 3.05) is 6.26 Å². The Bertz CT molecular complexity index is 1100. The molecule has 0 spiro atoms. The normalized spacial score (nSPS) is 12.1. The summed E-state index contributed by atoms with van der Waals surface area (Å²) in [6.07, 6.45) is 2.43. The third kappa shape index (κ3) is 4.01. The summed E-state index contributed by atoms with van der Waals surface area (Å²) in [6.45, 7) is 0. The number of fused-ring (bicyclic) bond motifs is 1. The van der Waals surface area contributed by atoms with Crippen LogP contribution in [0.2, 0.25) is 0 Å². The fraction of sp³-hybridized carbons (Fsp3) is 0.0588. The van der Waals surface area contributed by atoms with Gasteiger partial charge in [0.25, 0.3) is 5.91 Å². The third-order valence-electron chi connectivity index (χ3n) is 3.43. The first-order chi connectivity index (χ1) is 12.3. The molecule has 0 saturated heterocycles. The molecule has 1 amide bonds. The van der Waals surface area contributed by atoms with Crippen LogP contribution < -0.4 is 11.1 Å². The van der Waals surface area contributed by atoms with Gasteiger partial charge in [-0.05, 0) is 28.9 Å². The number of para-hydroxylation sites is 1. The molecule has 3 N–H and O–H groups in total. The highest BCUT2D eigenvalue weighted by Gasteiger charge is 2.12. The fourth-order valence-electron chi connectivity index (χ4n) is 2.35. The van der Waals surface area contributed by atoms with Gasteiger partial charge < -0.3 is 10.2 Å². The van der Waals surface area contributed by atoms with Gasteiger partial charge in [0.2, 0.25) is 5.96 Å². The minimum absolute atomic E-state index is 0.310. The van der Waals surface area contributed by atoms with Crippen LogP contribution in [0, 0.1) is 0 Å². The average Bonchev–Trinajstić information content (AvgIpc) is 3.03. The highest BCUT2D eigenvalue weighted by molar-refractivity contribution is 7.85. The van der Waals surface area contributed by atoms with Crippen LogP contribution in [0.3, 0.4) is 0 Å². The summed E-state index contributed by atoms with van der Waals surface area (Å²) in [5.74, 6) is -1.03. The third-order valence-corrected chi connectivity index (χ3v) is 3.77. The standard InChI is InChI=1S/C17H15N3O5S/c1-26(22,23)25-20-17(18)19-16(21)12-6-4-5-11(9-12)14-10-24-15-8-3-2-7-13(14)15/h2-10H,1H3,(H3,18,19,20,21). The number of rotatable bonds is 4. The SMILES string of the molecule is CS(=O)(=O)ON=C(N)NC(=O)c1cccc(-c2coc3ccccc23)c1. The highest BCUT2D eigenvalue weighted by atomic mass is 32.2. The lowest BCUT2D eigenvalue weighted by Crippen LogP contribution is -2.37. The maximum atomic E-state index is 12.3. The fourth-order valence-corrected chi connectivity index (χ4v) is 2.56. The van der Waals surface area contributed by atoms with E-state index in [1.165, 1.54) is 0 Å². The van der Waals surface area contributed by atoms with Crippen LogP contribution in [-0.4, -0.2) is 26.5 Å². The predicted molar refractivity (Wildman–Crippen MR) is 96.7 cm³/mol. The second-order valence-electron chi connectivity index (χ2n) is 5.44. The summed E-state index contributed by atoms with van der Waals surface area (Å²) in [5.41, 5.74) is 8.12. The van der Waals surface area contributed by atoms with Crippen molar-refractivity contribution >= 4 is 33.0 Å². The van der Waals surface area contributed by atoms with Gasteiger partial charge in [0, 0.05) is 16.5 Å². The Morgan fingerprint density at radius 1 is 1.19 bits per heavy atom. The molecule has 1 heterocycles. The van der Waals surface area contributed by atoms with Gasteiger partial charge in [-0.15, -0.1) is 0 Å². The van der Waals surface area contributed by atoms with Gasteiger partial charge in [-0.1, -0.05) is 30.3 Å². The smallest absolute Gasteiger partial charge is 0.325 e. The van der Waals surface area contributed by atoms with E-state index in [-0.39, 0.29) is 0 Å². The minimum Gasteiger partial charge on any atom is -0.464 e. The highest BCUT2D eigenvalue weighted by Crippen LogP contribution is 2.30. The summed E-state index contributed by atoms with van der Waals surface area (Å²) >= 11 is 0. The quantitative estimate of drug-likeness (QED) is 0.410. The van der Waals surface area contributed by atoms with Crippen molar-refractivity contribution in [3.05, 3.63) is 60.4 Å². The zero-order valence-electron chi connectivity index (χ0n) is 13.7. The molecule has 26 heavy (non-hydrogen) atoms. The molecule has 0 aliphatic carbocycles. The van der Waals surface area contributed by atoms with Gasteiger partial charge in [0.05, 0.1) is 12.5 Å². The van der Waals surface area contributed by atoms with E-state index in [1.54, 1.807) is 24.5 Å². The summed E-state index contributed by atoms with van der Waals surface area (Å²) in [4.78, 5) is 12.3. The van der Waals surface area contributed by atoms with Gasteiger partial charge in [-0.2, -0.15) is 8.42 Å². The van der Waals surface area contributed by atoms with E-state index in [0.29, 0.717) is 5.56 Å². The van der Waals surface area contributed by atoms with E-state index < -0.39 is 22.0 Å². The van der Waals surface area contributed by atoms with E-state index in [4.69, 9.17) is 10.2 Å². The van der Waals surface area contributed by atoms with Crippen LogP contribution in [0.1, 0.15) is 10.4 Å². The van der Waals surface area contributed by atoms with Crippen LogP contribution in [0.15, 0.2) is 64.4 Å². The number of nitrogens with zero attached hydrogens (tertiary/aromatic N) is 1. The maximum Gasteiger partial charge on any atom is 0.325 e. The van der Waals surface area contributed by atoms with E-state index in [2.05, 4.69) is 14.8 Å². The Hall–Kier alpha value is -3.33. The maximum absolute atomic E-state index is 12.3. The molecule has 1 aromatic heterocycles. The van der Waals surface area contributed by atoms with Crippen LogP contribution in [-0.2, 0) is 14.4 Å². The number of furan rings is 1. The molecule has 0 fully saturated rings. The first kappa shape index (κ1) is 17.5. The summed E-state index contributed by atoms with van der Waals surface area (Å²) in [6, 6.07) is 14.4. The lowest BCUT2D eigenvalue weighted by atomic mass is 10.0. The van der Waals surface area contributed by atoms with Gasteiger partial charge in [-0.25, -0.2) is 0 Å². The lowest BCUT2D eigenvalue weighted by molar-refractivity contribution is 0.0975. The first-order valence-electron chi connectivity index (χ1n) is 7.43. The van der Waals surface area contributed by atoms with Crippen LogP contribution >= 0.6 is 0 Å². The molecule has 3 aromatic rings. The second kappa shape index (κ2) is 6.89. The minimum atomic E-state index is -3.81. The number of hydrogen-bond acceptors (Lipinski definition) is 6. The van der Waals surface area contributed by atoms with Crippen molar-refractivity contribution in [2.24, 2.45) is 10.9 Å². The van der Waals surface area contributed by atoms with Gasteiger partial charge >= 0.3 is 10.1 Å². The van der Waals surface area contributed by atoms with E-state index in [9.17, 15) is 13.2 Å². The molecular formula is C17H15N3O5S. The van der Waals surface area contributed by atoms with Crippen LogP contribution in [0.25, 0.3) is 22.1 Å². The molecule has 2 aromatic carbocycles. The van der Waals surface area contributed by atoms with Crippen molar-refractivity contribution in [3.63, 3.8) is 0 Å². The Morgan fingerprint density at radius 2 is 1.96 bits per heavy atom. The van der Waals surface area contributed by atoms with Crippen LogP contribution in [0.4, 0.5) is 0 Å². The van der Waals surface area contributed by atoms with Gasteiger partial charge in [0.15, 0.2) is 0 Å². The largest absolute Gasteiger partial charge is 0.464 e. The number of oxime groups is 1. The number of carbonyl (C=O) groups excluding carboxylic acids is 1. The van der Waals surface area contributed by atoms with Gasteiger partial charge in [-0.3, -0.25) is 14.4 Å². The number of amides is 1. The van der Waals surface area contributed by atoms with Crippen molar-refractivity contribution in [1.82, 2.24) is 5.32 Å². The molecule has 9 heteroatoms. The Kier molecular flexibility index (Phi) is 4.63. The van der Waals surface area contributed by atoms with Crippen molar-refractivity contribution < 1.29 is 21.9 Å². The Morgan fingerprint density at radius 3 is 2.73 bits per heavy atom. The van der Waals surface area contributed by atoms with E-state index >= 15 is 0 Å². The Balaban J connectivity index is 1.84. The molecule has 0 bridgehead atoms. The lowest BCUT2D eigenvalue weighted by Gasteiger charge is -2.06. The number of nitrogens with one attached hydrogen (secondary N) is 1. The van der Waals surface area contributed by atoms with Crippen molar-refractivity contribution in [1.29, 1.82) is 0 Å². The van der Waals surface area contributed by atoms with E-state index in [1.807, 2.05) is 30.3 Å². The predicted octanol–water partition coefficient (Wildman–Crippen LogP) is 2.04. The summed E-state index contributed by atoms with van der Waals surface area (Å²) in [5, 5.41) is 6.31.